The van der Waals surface area contributed by atoms with Gasteiger partial charge in [0.1, 0.15) is 0 Å². The summed E-state index contributed by atoms with van der Waals surface area (Å²) in [6, 6.07) is 5.43. The van der Waals surface area contributed by atoms with E-state index in [-0.39, 0.29) is 18.1 Å². The molecular weight excluding hydrogens is 312 g/mol. The Morgan fingerprint density at radius 2 is 1.50 bits per heavy atom. The average molecular weight is 323 g/mol. The van der Waals surface area contributed by atoms with Crippen molar-refractivity contribution in [1.82, 2.24) is 0 Å². The van der Waals surface area contributed by atoms with Crippen molar-refractivity contribution in [3.8, 4) is 12.1 Å². The lowest BCUT2D eigenvalue weighted by Crippen LogP contribution is -2.38. The monoisotopic (exact) mass is 323 g/mol. The van der Waals surface area contributed by atoms with E-state index in [1.165, 1.54) is 24.3 Å². The maximum Gasteiger partial charge on any atom is 0.668 e. The fourth-order valence-corrected chi connectivity index (χ4v) is 3.39. The van der Waals surface area contributed by atoms with E-state index in [0.717, 1.165) is 0 Å². The third-order valence-corrected chi connectivity index (χ3v) is 4.70. The molecule has 1 saturated heterocycles. The summed E-state index contributed by atoms with van der Waals surface area (Å²) in [5.41, 5.74) is -1.86. The zero-order valence-corrected chi connectivity index (χ0v) is 13.0. The Morgan fingerprint density at radius 3 is 1.86 bits per heavy atom. The van der Waals surface area contributed by atoms with Crippen LogP contribution in [0.5, 0.6) is 0 Å². The van der Waals surface area contributed by atoms with Crippen LogP contribution in [-0.2, 0) is 13.8 Å². The number of nitrogens with zero attached hydrogens (tertiary/aromatic N) is 2. The number of rotatable bonds is 1. The number of benzene rings is 1. The van der Waals surface area contributed by atoms with Crippen LogP contribution in [0.2, 0.25) is 0 Å². The second kappa shape index (κ2) is 6.28. The first kappa shape index (κ1) is 16.8. The van der Waals surface area contributed by atoms with E-state index in [0.29, 0.717) is 5.56 Å². The summed E-state index contributed by atoms with van der Waals surface area (Å²) >= 11 is -0.613. The lowest BCUT2D eigenvalue weighted by atomic mass is 9.86. The van der Waals surface area contributed by atoms with Crippen LogP contribution in [0.15, 0.2) is 12.1 Å². The maximum absolute atomic E-state index is 13.1. The van der Waals surface area contributed by atoms with E-state index in [4.69, 9.17) is 18.1 Å². The zero-order valence-electron chi connectivity index (χ0n) is 11.8. The van der Waals surface area contributed by atoms with Gasteiger partial charge >= 0.3 is 22.1 Å². The van der Waals surface area contributed by atoms with Gasteiger partial charge in [0.2, 0.25) is 0 Å². The molecule has 0 N–H and O–H groups in total. The van der Waals surface area contributed by atoms with Crippen LogP contribution in [-0.4, -0.2) is 28.1 Å². The fraction of sp³-hybridized carbons (Fsp3) is 0.429. The number of hydrogen-bond donors (Lipinski definition) is 0. The van der Waals surface area contributed by atoms with Gasteiger partial charge in [-0.05, 0) is 31.5 Å². The molecule has 2 unspecified atom stereocenters. The summed E-state index contributed by atoms with van der Waals surface area (Å²) in [6.07, 6.45) is -5.27. The van der Waals surface area contributed by atoms with E-state index >= 15 is 0 Å². The van der Waals surface area contributed by atoms with Gasteiger partial charge in [0.05, 0.1) is 28.8 Å². The van der Waals surface area contributed by atoms with Gasteiger partial charge in [-0.25, -0.2) is 0 Å². The minimum absolute atomic E-state index is 0.256. The Kier molecular flexibility index (Phi) is 4.80. The molecule has 0 saturated carbocycles. The van der Waals surface area contributed by atoms with E-state index < -0.39 is 38.8 Å². The average Bonchev–Trinajstić information content (AvgIpc) is 2.44. The molecule has 22 heavy (non-hydrogen) atoms. The Bertz CT molecular complexity index is 619. The standard InChI is InChI=1S/C14H11F3N2O2.Al/c1-7(20)12(8(2)21)9-3-10(5-18)13(14(15,16)17)11(4-9)6-19;/h3-4,7-8,12H,1-2H3;/q-2;+2. The molecule has 1 aliphatic rings. The van der Waals surface area contributed by atoms with E-state index in [2.05, 4.69) is 0 Å². The molecule has 8 heteroatoms. The number of halogens is 3. The number of hydrogen-bond acceptors (Lipinski definition) is 4. The van der Waals surface area contributed by atoms with Gasteiger partial charge in [-0.15, -0.1) is 0 Å². The quantitative estimate of drug-likeness (QED) is 0.745. The molecule has 0 aromatic heterocycles. The molecule has 1 heterocycles. The van der Waals surface area contributed by atoms with E-state index in [1.54, 1.807) is 13.8 Å². The highest BCUT2D eigenvalue weighted by Gasteiger charge is 2.39. The van der Waals surface area contributed by atoms with E-state index in [1.807, 2.05) is 0 Å². The minimum atomic E-state index is -4.75. The third kappa shape index (κ3) is 3.11. The van der Waals surface area contributed by atoms with Crippen molar-refractivity contribution in [2.24, 2.45) is 0 Å². The minimum Gasteiger partial charge on any atom is -0.481 e. The molecule has 113 valence electrons. The normalized spacial score (nSPS) is 25.0. The third-order valence-electron chi connectivity index (χ3n) is 3.62. The predicted octanol–water partition coefficient (Wildman–Crippen LogP) is 2.89. The molecule has 1 fully saturated rings. The first-order chi connectivity index (χ1) is 10.3. The highest BCUT2D eigenvalue weighted by atomic mass is 27.2. The second-order valence-corrected chi connectivity index (χ2v) is 5.75. The topological polar surface area (TPSA) is 66.0 Å². The van der Waals surface area contributed by atoms with Gasteiger partial charge < -0.3 is 7.58 Å². The maximum atomic E-state index is 13.1. The molecule has 0 amide bonds. The van der Waals surface area contributed by atoms with Crippen molar-refractivity contribution in [3.05, 3.63) is 34.4 Å². The SMILES string of the molecule is CC1[O][Al][O]C(C)C1c1cc(C#N)c(C(F)(F)F)c(C#N)c1. The van der Waals surface area contributed by atoms with Gasteiger partial charge in [0.25, 0.3) is 0 Å². The molecule has 1 aliphatic heterocycles. The van der Waals surface area contributed by atoms with Gasteiger partial charge in [0.15, 0.2) is 0 Å². The number of nitriles is 2. The van der Waals surface area contributed by atoms with Crippen LogP contribution in [0.25, 0.3) is 0 Å². The summed E-state index contributed by atoms with van der Waals surface area (Å²) in [5.74, 6) is -0.331. The first-order valence-corrected chi connectivity index (χ1v) is 7.41. The molecule has 0 bridgehead atoms. The van der Waals surface area contributed by atoms with Crippen molar-refractivity contribution in [1.29, 1.82) is 10.5 Å². The molecule has 1 aromatic carbocycles. The Hall–Kier alpha value is -1.56. The van der Waals surface area contributed by atoms with Gasteiger partial charge in [-0.1, -0.05) is 0 Å². The molecule has 4 nitrogen and oxygen atoms in total. The van der Waals surface area contributed by atoms with Crippen molar-refractivity contribution in [2.45, 2.75) is 38.1 Å². The van der Waals surface area contributed by atoms with Crippen molar-refractivity contribution < 1.29 is 20.7 Å². The summed E-state index contributed by atoms with van der Waals surface area (Å²) in [5, 5.41) is 18.1. The van der Waals surface area contributed by atoms with Crippen LogP contribution in [0.3, 0.4) is 0 Å². The number of alkyl halides is 3. The summed E-state index contributed by atoms with van der Waals surface area (Å²) in [7, 11) is 0. The van der Waals surface area contributed by atoms with Crippen LogP contribution >= 0.6 is 0 Å². The Balaban J connectivity index is 2.61. The van der Waals surface area contributed by atoms with Crippen molar-refractivity contribution in [2.75, 3.05) is 0 Å². The summed E-state index contributed by atoms with van der Waals surface area (Å²) in [6.45, 7) is 3.60. The van der Waals surface area contributed by atoms with Gasteiger partial charge in [0, 0.05) is 18.1 Å². The van der Waals surface area contributed by atoms with Gasteiger partial charge in [-0.2, -0.15) is 23.7 Å². The fourth-order valence-electron chi connectivity index (χ4n) is 2.64. The molecule has 0 spiro atoms. The van der Waals surface area contributed by atoms with Crippen LogP contribution in [0.1, 0.15) is 42.0 Å². The van der Waals surface area contributed by atoms with Crippen LogP contribution < -0.4 is 0 Å². The zero-order chi connectivity index (χ0) is 16.5. The Morgan fingerprint density at radius 1 is 1.05 bits per heavy atom. The molecule has 0 aliphatic carbocycles. The highest BCUT2D eigenvalue weighted by Crippen LogP contribution is 2.38. The molecule has 2 atom stereocenters. The van der Waals surface area contributed by atoms with Crippen LogP contribution in [0, 0.1) is 22.7 Å². The second-order valence-electron chi connectivity index (χ2n) is 5.02. The van der Waals surface area contributed by atoms with Crippen LogP contribution in [0.4, 0.5) is 13.2 Å². The van der Waals surface area contributed by atoms with Crippen molar-refractivity contribution >= 4 is 15.9 Å². The molecule has 2 rings (SSSR count). The van der Waals surface area contributed by atoms with E-state index in [9.17, 15) is 13.2 Å². The predicted molar refractivity (Wildman–Crippen MR) is 70.5 cm³/mol. The molecular formula is C14H11AlF3N2O2. The lowest BCUT2D eigenvalue weighted by molar-refractivity contribution is -0.138. The largest absolute Gasteiger partial charge is 0.668 e. The summed E-state index contributed by atoms with van der Waals surface area (Å²) < 4.78 is 50.1. The Labute approximate surface area is 132 Å². The summed E-state index contributed by atoms with van der Waals surface area (Å²) in [4.78, 5) is 0. The lowest BCUT2D eigenvalue weighted by Gasteiger charge is -2.36. The smallest absolute Gasteiger partial charge is 0.481 e. The van der Waals surface area contributed by atoms with Crippen molar-refractivity contribution in [3.63, 3.8) is 0 Å². The first-order valence-electron chi connectivity index (χ1n) is 6.47. The molecule has 1 radical (unpaired) electrons. The molecule has 1 aromatic rings. The highest BCUT2D eigenvalue weighted by molar-refractivity contribution is 6.18. The van der Waals surface area contributed by atoms with Gasteiger partial charge in [-0.3, -0.25) is 0 Å².